The van der Waals surface area contributed by atoms with Crippen LogP contribution in [0.15, 0.2) is 54.6 Å². The van der Waals surface area contributed by atoms with Gasteiger partial charge in [0.05, 0.1) is 6.04 Å². The van der Waals surface area contributed by atoms with E-state index in [9.17, 15) is 9.59 Å². The molecule has 0 aliphatic rings. The fourth-order valence-corrected chi connectivity index (χ4v) is 2.67. The van der Waals surface area contributed by atoms with Crippen LogP contribution in [0.25, 0.3) is 0 Å². The van der Waals surface area contributed by atoms with Crippen LogP contribution in [0.4, 0.5) is 5.69 Å². The molecule has 4 heteroatoms. The lowest BCUT2D eigenvalue weighted by Crippen LogP contribution is -2.27. The summed E-state index contributed by atoms with van der Waals surface area (Å²) < 4.78 is 0. The van der Waals surface area contributed by atoms with Crippen LogP contribution in [0.1, 0.15) is 56.7 Å². The quantitative estimate of drug-likeness (QED) is 0.786. The van der Waals surface area contributed by atoms with Gasteiger partial charge >= 0.3 is 0 Å². The summed E-state index contributed by atoms with van der Waals surface area (Å²) in [4.78, 5) is 23.7. The van der Waals surface area contributed by atoms with Crippen LogP contribution in [0.5, 0.6) is 0 Å². The minimum absolute atomic E-state index is 0.0102. The third-order valence-corrected chi connectivity index (χ3v) is 4.25. The first-order valence-electron chi connectivity index (χ1n) is 8.73. The van der Waals surface area contributed by atoms with E-state index in [1.54, 1.807) is 0 Å². The molecule has 0 aliphatic heterocycles. The molecule has 0 saturated heterocycles. The molecule has 132 valence electrons. The third kappa shape index (κ3) is 5.75. The fourth-order valence-electron chi connectivity index (χ4n) is 2.67. The van der Waals surface area contributed by atoms with Crippen LogP contribution < -0.4 is 10.6 Å². The molecule has 2 aromatic rings. The molecule has 0 fully saturated rings. The van der Waals surface area contributed by atoms with Crippen molar-refractivity contribution < 1.29 is 9.59 Å². The first-order valence-corrected chi connectivity index (χ1v) is 8.73. The number of hydrogen-bond acceptors (Lipinski definition) is 2. The van der Waals surface area contributed by atoms with E-state index in [0.717, 1.165) is 11.3 Å². The lowest BCUT2D eigenvalue weighted by Gasteiger charge is -2.17. The zero-order chi connectivity index (χ0) is 18.2. The Morgan fingerprint density at radius 1 is 0.880 bits per heavy atom. The van der Waals surface area contributed by atoms with E-state index in [0.29, 0.717) is 12.8 Å². The average Bonchev–Trinajstić information content (AvgIpc) is 2.62. The molecule has 0 saturated carbocycles. The SMILES string of the molecule is CCC(=O)Nc1ccc(C(C)NC(=O)CC(C)c2ccccc2)cc1. The topological polar surface area (TPSA) is 58.2 Å². The molecule has 2 atom stereocenters. The third-order valence-electron chi connectivity index (χ3n) is 4.25. The molecule has 0 bridgehead atoms. The van der Waals surface area contributed by atoms with Gasteiger partial charge in [0.1, 0.15) is 0 Å². The predicted molar refractivity (Wildman–Crippen MR) is 101 cm³/mol. The smallest absolute Gasteiger partial charge is 0.224 e. The molecule has 2 amide bonds. The van der Waals surface area contributed by atoms with E-state index < -0.39 is 0 Å². The number of hydrogen-bond donors (Lipinski definition) is 2. The molecule has 0 aliphatic carbocycles. The van der Waals surface area contributed by atoms with Crippen LogP contribution in [0.2, 0.25) is 0 Å². The summed E-state index contributed by atoms with van der Waals surface area (Å²) in [5, 5.41) is 5.86. The molecular formula is C21H26N2O2. The van der Waals surface area contributed by atoms with Gasteiger partial charge in [-0.3, -0.25) is 9.59 Å². The van der Waals surface area contributed by atoms with Gasteiger partial charge in [0, 0.05) is 18.5 Å². The molecule has 2 rings (SSSR count). The maximum absolute atomic E-state index is 12.3. The Morgan fingerprint density at radius 2 is 1.52 bits per heavy atom. The van der Waals surface area contributed by atoms with Crippen molar-refractivity contribution in [1.29, 1.82) is 0 Å². The second-order valence-corrected chi connectivity index (χ2v) is 6.33. The molecule has 0 spiro atoms. The van der Waals surface area contributed by atoms with Crippen LogP contribution in [-0.4, -0.2) is 11.8 Å². The van der Waals surface area contributed by atoms with Crippen molar-refractivity contribution in [1.82, 2.24) is 5.32 Å². The largest absolute Gasteiger partial charge is 0.350 e. The first kappa shape index (κ1) is 18.7. The molecule has 2 N–H and O–H groups in total. The van der Waals surface area contributed by atoms with E-state index >= 15 is 0 Å². The molecular weight excluding hydrogens is 312 g/mol. The van der Waals surface area contributed by atoms with Crippen molar-refractivity contribution in [3.8, 4) is 0 Å². The average molecular weight is 338 g/mol. The summed E-state index contributed by atoms with van der Waals surface area (Å²) in [7, 11) is 0. The van der Waals surface area contributed by atoms with Gasteiger partial charge in [0.15, 0.2) is 0 Å². The molecule has 2 aromatic carbocycles. The first-order chi connectivity index (χ1) is 12.0. The molecule has 0 heterocycles. The highest BCUT2D eigenvalue weighted by Gasteiger charge is 2.14. The van der Waals surface area contributed by atoms with Crippen molar-refractivity contribution in [3.63, 3.8) is 0 Å². The Bertz CT molecular complexity index is 696. The van der Waals surface area contributed by atoms with Gasteiger partial charge in [0.2, 0.25) is 11.8 Å². The van der Waals surface area contributed by atoms with E-state index in [2.05, 4.69) is 17.6 Å². The van der Waals surface area contributed by atoms with E-state index in [1.807, 2.05) is 68.4 Å². The van der Waals surface area contributed by atoms with Crippen molar-refractivity contribution in [2.75, 3.05) is 5.32 Å². The minimum Gasteiger partial charge on any atom is -0.350 e. The predicted octanol–water partition coefficient (Wildman–Crippen LogP) is 4.41. The summed E-state index contributed by atoms with van der Waals surface area (Å²) in [6.45, 7) is 5.84. The van der Waals surface area contributed by atoms with Gasteiger partial charge < -0.3 is 10.6 Å². The Hall–Kier alpha value is -2.62. The van der Waals surface area contributed by atoms with Crippen molar-refractivity contribution >= 4 is 17.5 Å². The second-order valence-electron chi connectivity index (χ2n) is 6.33. The van der Waals surface area contributed by atoms with E-state index in [4.69, 9.17) is 0 Å². The standard InChI is InChI=1S/C21H26N2O2/c1-4-20(24)23-19-12-10-18(11-13-19)16(3)22-21(25)14-15(2)17-8-6-5-7-9-17/h5-13,15-16H,4,14H2,1-3H3,(H,22,25)(H,23,24). The van der Waals surface area contributed by atoms with Crippen LogP contribution in [0.3, 0.4) is 0 Å². The van der Waals surface area contributed by atoms with Gasteiger partial charge in [-0.2, -0.15) is 0 Å². The molecule has 4 nitrogen and oxygen atoms in total. The monoisotopic (exact) mass is 338 g/mol. The van der Waals surface area contributed by atoms with Gasteiger partial charge in [-0.1, -0.05) is 56.3 Å². The van der Waals surface area contributed by atoms with Gasteiger partial charge in [-0.25, -0.2) is 0 Å². The van der Waals surface area contributed by atoms with Gasteiger partial charge in [-0.05, 0) is 36.1 Å². The Morgan fingerprint density at radius 3 is 2.12 bits per heavy atom. The van der Waals surface area contributed by atoms with E-state index in [-0.39, 0.29) is 23.8 Å². The number of carbonyl (C=O) groups is 2. The highest BCUT2D eigenvalue weighted by atomic mass is 16.2. The lowest BCUT2D eigenvalue weighted by molar-refractivity contribution is -0.122. The summed E-state index contributed by atoms with van der Waals surface area (Å²) in [5.41, 5.74) is 2.95. The lowest BCUT2D eigenvalue weighted by atomic mass is 9.97. The molecule has 25 heavy (non-hydrogen) atoms. The molecule has 2 unspecified atom stereocenters. The second kappa shape index (κ2) is 9.02. The summed E-state index contributed by atoms with van der Waals surface area (Å²) in [6, 6.07) is 17.5. The van der Waals surface area contributed by atoms with Crippen LogP contribution in [-0.2, 0) is 9.59 Å². The normalized spacial score (nSPS) is 12.9. The molecule has 0 radical (unpaired) electrons. The number of anilines is 1. The number of nitrogens with one attached hydrogen (secondary N) is 2. The Kier molecular flexibility index (Phi) is 6.75. The van der Waals surface area contributed by atoms with Crippen molar-refractivity contribution in [2.45, 2.75) is 45.6 Å². The van der Waals surface area contributed by atoms with Gasteiger partial charge in [-0.15, -0.1) is 0 Å². The minimum atomic E-state index is -0.0774. The van der Waals surface area contributed by atoms with Gasteiger partial charge in [0.25, 0.3) is 0 Å². The fraction of sp³-hybridized carbons (Fsp3) is 0.333. The van der Waals surface area contributed by atoms with Crippen molar-refractivity contribution in [2.24, 2.45) is 0 Å². The van der Waals surface area contributed by atoms with Crippen LogP contribution >= 0.6 is 0 Å². The zero-order valence-corrected chi connectivity index (χ0v) is 15.1. The van der Waals surface area contributed by atoms with Crippen LogP contribution in [0, 0.1) is 0 Å². The number of carbonyl (C=O) groups excluding carboxylic acids is 2. The number of benzene rings is 2. The highest BCUT2D eigenvalue weighted by Crippen LogP contribution is 2.20. The Balaban J connectivity index is 1.89. The Labute approximate surface area is 149 Å². The summed E-state index contributed by atoms with van der Waals surface area (Å²) >= 11 is 0. The maximum Gasteiger partial charge on any atom is 0.224 e. The summed E-state index contributed by atoms with van der Waals surface area (Å²) in [5.74, 6) is 0.205. The zero-order valence-electron chi connectivity index (χ0n) is 15.1. The molecule has 0 aromatic heterocycles. The highest BCUT2D eigenvalue weighted by molar-refractivity contribution is 5.90. The number of amides is 2. The number of rotatable bonds is 7. The van der Waals surface area contributed by atoms with Crippen molar-refractivity contribution in [3.05, 3.63) is 65.7 Å². The summed E-state index contributed by atoms with van der Waals surface area (Å²) in [6.07, 6.45) is 0.910. The van der Waals surface area contributed by atoms with E-state index in [1.165, 1.54) is 5.56 Å². The maximum atomic E-state index is 12.3.